The number of unbranched alkanes of at least 4 members (excludes halogenated alkanes) is 18. The van der Waals surface area contributed by atoms with Gasteiger partial charge in [-0.2, -0.15) is 0 Å². The Labute approximate surface area is 324 Å². The third-order valence-electron chi connectivity index (χ3n) is 8.73. The number of allylic oxidation sites excluding steroid dienone is 8. The molecule has 0 amide bonds. The summed E-state index contributed by atoms with van der Waals surface area (Å²) in [5.41, 5.74) is 5.34. The third-order valence-corrected chi connectivity index (χ3v) is 9.71. The number of rotatable bonds is 39. The molecule has 0 rings (SSSR count). The van der Waals surface area contributed by atoms with Crippen molar-refractivity contribution in [1.29, 1.82) is 0 Å². The van der Waals surface area contributed by atoms with E-state index in [0.717, 1.165) is 57.8 Å². The summed E-state index contributed by atoms with van der Waals surface area (Å²) in [5, 5.41) is 0. The Morgan fingerprint density at radius 3 is 1.55 bits per heavy atom. The van der Waals surface area contributed by atoms with Gasteiger partial charge in [0, 0.05) is 19.4 Å². The van der Waals surface area contributed by atoms with Crippen molar-refractivity contribution in [2.24, 2.45) is 5.73 Å². The van der Waals surface area contributed by atoms with Crippen molar-refractivity contribution in [3.8, 4) is 0 Å². The van der Waals surface area contributed by atoms with E-state index in [2.05, 4.69) is 62.5 Å². The van der Waals surface area contributed by atoms with Crippen molar-refractivity contribution in [2.45, 2.75) is 187 Å². The van der Waals surface area contributed by atoms with Crippen LogP contribution in [-0.2, 0) is 32.7 Å². The minimum absolute atomic E-state index is 0.0459. The predicted molar refractivity (Wildman–Crippen MR) is 220 cm³/mol. The molecule has 0 saturated heterocycles. The molecule has 0 aliphatic heterocycles. The van der Waals surface area contributed by atoms with Crippen LogP contribution in [0.2, 0.25) is 0 Å². The standard InChI is InChI=1S/C43H78NO8P/c1-3-5-7-9-11-13-15-17-19-20-22-23-25-27-29-31-33-35-42(45)49-39-41(40-51-53(47,48)50-38-37-44)52-43(46)36-34-32-30-28-26-24-21-18-16-14-12-10-8-6-4-2/h6,8,12,14,18,21,26,28,41H,3-5,7,9-11,13,15-17,19-20,22-25,27,29-40,44H2,1-2H3,(H,47,48)/b8-6-,14-12-,21-18-,28-26-. The number of hydrogen-bond acceptors (Lipinski definition) is 8. The monoisotopic (exact) mass is 768 g/mol. The highest BCUT2D eigenvalue weighted by atomic mass is 31.2. The predicted octanol–water partition coefficient (Wildman–Crippen LogP) is 11.9. The van der Waals surface area contributed by atoms with Crippen molar-refractivity contribution in [3.63, 3.8) is 0 Å². The average Bonchev–Trinajstić information content (AvgIpc) is 3.14. The third kappa shape index (κ3) is 39.5. The molecule has 10 heteroatoms. The summed E-state index contributed by atoms with van der Waals surface area (Å²) >= 11 is 0. The Kier molecular flexibility index (Phi) is 38.1. The van der Waals surface area contributed by atoms with Crippen LogP contribution in [0.1, 0.15) is 181 Å². The van der Waals surface area contributed by atoms with E-state index in [9.17, 15) is 19.0 Å². The topological polar surface area (TPSA) is 134 Å². The van der Waals surface area contributed by atoms with Crippen LogP contribution >= 0.6 is 7.82 Å². The van der Waals surface area contributed by atoms with E-state index in [-0.39, 0.29) is 32.6 Å². The van der Waals surface area contributed by atoms with Gasteiger partial charge in [-0.05, 0) is 51.4 Å². The first-order chi connectivity index (χ1) is 25.8. The largest absolute Gasteiger partial charge is 0.472 e. The van der Waals surface area contributed by atoms with Gasteiger partial charge in [-0.3, -0.25) is 18.6 Å². The van der Waals surface area contributed by atoms with Crippen LogP contribution in [0.4, 0.5) is 0 Å². The Morgan fingerprint density at radius 2 is 1.04 bits per heavy atom. The molecule has 0 aliphatic rings. The number of nitrogens with two attached hydrogens (primary N) is 1. The second-order valence-electron chi connectivity index (χ2n) is 13.8. The van der Waals surface area contributed by atoms with Crippen LogP contribution in [0.25, 0.3) is 0 Å². The smallest absolute Gasteiger partial charge is 0.462 e. The SMILES string of the molecule is CC/C=C\C/C=C\C/C=C\C/C=C\CCCCC(=O)OC(COC(=O)CCCCCCCCCCCCCCCCCCC)COP(=O)(O)OCCN. The van der Waals surface area contributed by atoms with Crippen LogP contribution in [-0.4, -0.2) is 49.3 Å². The Hall–Kier alpha value is -2.03. The van der Waals surface area contributed by atoms with Gasteiger partial charge >= 0.3 is 19.8 Å². The van der Waals surface area contributed by atoms with Gasteiger partial charge in [0.05, 0.1) is 13.2 Å². The molecule has 0 bridgehead atoms. The van der Waals surface area contributed by atoms with Gasteiger partial charge in [0.25, 0.3) is 0 Å². The molecule has 3 N–H and O–H groups in total. The number of hydrogen-bond donors (Lipinski definition) is 2. The fourth-order valence-electron chi connectivity index (χ4n) is 5.62. The van der Waals surface area contributed by atoms with Gasteiger partial charge in [-0.15, -0.1) is 0 Å². The number of ether oxygens (including phenoxy) is 2. The van der Waals surface area contributed by atoms with E-state index in [0.29, 0.717) is 6.42 Å². The molecule has 2 atom stereocenters. The van der Waals surface area contributed by atoms with E-state index < -0.39 is 32.5 Å². The summed E-state index contributed by atoms with van der Waals surface area (Å²) < 4.78 is 32.7. The van der Waals surface area contributed by atoms with Crippen LogP contribution in [0.15, 0.2) is 48.6 Å². The molecular formula is C43H78NO8P. The molecule has 0 radical (unpaired) electrons. The summed E-state index contributed by atoms with van der Waals surface area (Å²) in [6.45, 7) is 3.57. The Balaban J connectivity index is 4.21. The molecule has 0 spiro atoms. The van der Waals surface area contributed by atoms with Crippen LogP contribution in [0, 0.1) is 0 Å². The second-order valence-corrected chi connectivity index (χ2v) is 15.3. The summed E-state index contributed by atoms with van der Waals surface area (Å²) in [6.07, 6.45) is 44.3. The van der Waals surface area contributed by atoms with Crippen LogP contribution < -0.4 is 5.73 Å². The fraction of sp³-hybridized carbons (Fsp3) is 0.767. The maximum absolute atomic E-state index is 12.5. The molecule has 0 aromatic heterocycles. The number of carbonyl (C=O) groups excluding carboxylic acids is 2. The summed E-state index contributed by atoms with van der Waals surface area (Å²) in [6, 6.07) is 0. The number of phosphoric ester groups is 1. The normalized spacial score (nSPS) is 13.8. The van der Waals surface area contributed by atoms with Crippen molar-refractivity contribution in [2.75, 3.05) is 26.4 Å². The fourth-order valence-corrected chi connectivity index (χ4v) is 6.39. The van der Waals surface area contributed by atoms with Gasteiger partial charge < -0.3 is 20.1 Å². The maximum Gasteiger partial charge on any atom is 0.472 e. The van der Waals surface area contributed by atoms with Gasteiger partial charge in [0.2, 0.25) is 0 Å². The first kappa shape index (κ1) is 51.0. The first-order valence-corrected chi connectivity index (χ1v) is 22.6. The molecule has 0 aromatic carbocycles. The van der Waals surface area contributed by atoms with Crippen molar-refractivity contribution < 1.29 is 37.6 Å². The lowest BCUT2D eigenvalue weighted by atomic mass is 10.0. The molecule has 0 saturated carbocycles. The summed E-state index contributed by atoms with van der Waals surface area (Å²) in [7, 11) is -4.39. The summed E-state index contributed by atoms with van der Waals surface area (Å²) in [5.74, 6) is -0.875. The van der Waals surface area contributed by atoms with Crippen molar-refractivity contribution in [1.82, 2.24) is 0 Å². The molecule has 9 nitrogen and oxygen atoms in total. The van der Waals surface area contributed by atoms with Gasteiger partial charge in [0.15, 0.2) is 6.10 Å². The zero-order valence-corrected chi connectivity index (χ0v) is 34.6. The lowest BCUT2D eigenvalue weighted by Gasteiger charge is -2.19. The highest BCUT2D eigenvalue weighted by Crippen LogP contribution is 2.43. The molecule has 53 heavy (non-hydrogen) atoms. The molecule has 0 aliphatic carbocycles. The lowest BCUT2D eigenvalue weighted by Crippen LogP contribution is -2.29. The molecule has 0 fully saturated rings. The zero-order valence-electron chi connectivity index (χ0n) is 33.7. The van der Waals surface area contributed by atoms with Crippen LogP contribution in [0.3, 0.4) is 0 Å². The minimum atomic E-state index is -4.39. The van der Waals surface area contributed by atoms with Gasteiger partial charge in [-0.1, -0.05) is 165 Å². The van der Waals surface area contributed by atoms with E-state index in [1.54, 1.807) is 0 Å². The number of esters is 2. The molecule has 2 unspecified atom stereocenters. The Morgan fingerprint density at radius 1 is 0.585 bits per heavy atom. The maximum atomic E-state index is 12.5. The Bertz CT molecular complexity index is 1010. The van der Waals surface area contributed by atoms with E-state index in [4.69, 9.17) is 24.3 Å². The highest BCUT2D eigenvalue weighted by Gasteiger charge is 2.25. The first-order valence-electron chi connectivity index (χ1n) is 21.1. The number of carbonyl (C=O) groups is 2. The molecule has 0 aromatic rings. The average molecular weight is 768 g/mol. The van der Waals surface area contributed by atoms with Crippen LogP contribution in [0.5, 0.6) is 0 Å². The lowest BCUT2D eigenvalue weighted by molar-refractivity contribution is -0.161. The molecular weight excluding hydrogens is 689 g/mol. The van der Waals surface area contributed by atoms with E-state index >= 15 is 0 Å². The summed E-state index contributed by atoms with van der Waals surface area (Å²) in [4.78, 5) is 34.8. The van der Waals surface area contributed by atoms with Crippen molar-refractivity contribution >= 4 is 19.8 Å². The highest BCUT2D eigenvalue weighted by molar-refractivity contribution is 7.47. The molecule has 0 heterocycles. The van der Waals surface area contributed by atoms with Gasteiger partial charge in [-0.25, -0.2) is 4.57 Å². The zero-order chi connectivity index (χ0) is 38.9. The van der Waals surface area contributed by atoms with Crippen molar-refractivity contribution in [3.05, 3.63) is 48.6 Å². The molecule has 308 valence electrons. The van der Waals surface area contributed by atoms with E-state index in [1.807, 2.05) is 0 Å². The number of phosphoric acid groups is 1. The quantitative estimate of drug-likeness (QED) is 0.0271. The van der Waals surface area contributed by atoms with E-state index in [1.165, 1.54) is 89.9 Å². The van der Waals surface area contributed by atoms with Gasteiger partial charge in [0.1, 0.15) is 6.61 Å². The second kappa shape index (κ2) is 39.7. The minimum Gasteiger partial charge on any atom is -0.462 e.